The van der Waals surface area contributed by atoms with Crippen molar-refractivity contribution >= 4 is 16.0 Å². The Labute approximate surface area is 149 Å². The van der Waals surface area contributed by atoms with Crippen LogP contribution in [-0.4, -0.2) is 36.6 Å². The lowest BCUT2D eigenvalue weighted by Crippen LogP contribution is -2.42. The topological polar surface area (TPSA) is 74.7 Å². The maximum atomic E-state index is 12.7. The van der Waals surface area contributed by atoms with E-state index in [2.05, 4.69) is 0 Å². The summed E-state index contributed by atoms with van der Waals surface area (Å²) in [6.45, 7) is 1.69. The summed E-state index contributed by atoms with van der Waals surface area (Å²) in [5.41, 5.74) is 0.257. The van der Waals surface area contributed by atoms with Crippen LogP contribution in [0.5, 0.6) is 0 Å². The predicted octanol–water partition coefficient (Wildman–Crippen LogP) is 2.78. The summed E-state index contributed by atoms with van der Waals surface area (Å²) in [6, 6.07) is 18.3. The number of nitrogens with zero attached hydrogens (tertiary/aromatic N) is 1. The second-order valence-corrected chi connectivity index (χ2v) is 8.60. The fourth-order valence-corrected chi connectivity index (χ4v) is 4.28. The molecule has 0 unspecified atom stereocenters. The van der Waals surface area contributed by atoms with E-state index in [0.717, 1.165) is 11.1 Å². The minimum absolute atomic E-state index is 0.154. The first-order chi connectivity index (χ1) is 11.7. The molecular weight excluding hydrogens is 338 g/mol. The molecule has 6 heteroatoms. The average molecular weight is 361 g/mol. The average Bonchev–Trinajstić information content (AvgIpc) is 2.56. The molecule has 2 aromatic rings. The number of rotatable bonds is 8. The van der Waals surface area contributed by atoms with Crippen LogP contribution in [0.3, 0.4) is 0 Å². The molecule has 0 aliphatic rings. The molecule has 2 aromatic carbocycles. The van der Waals surface area contributed by atoms with Gasteiger partial charge in [0, 0.05) is 13.6 Å². The van der Waals surface area contributed by atoms with Crippen LogP contribution in [0.25, 0.3) is 0 Å². The van der Waals surface area contributed by atoms with Crippen molar-refractivity contribution in [3.63, 3.8) is 0 Å². The van der Waals surface area contributed by atoms with Crippen LogP contribution in [-0.2, 0) is 27.8 Å². The van der Waals surface area contributed by atoms with Gasteiger partial charge >= 0.3 is 5.97 Å². The normalized spacial score (nSPS) is 14.2. The second kappa shape index (κ2) is 7.80. The van der Waals surface area contributed by atoms with Crippen molar-refractivity contribution < 1.29 is 18.3 Å². The Morgan fingerprint density at radius 1 is 1.00 bits per heavy atom. The van der Waals surface area contributed by atoms with Gasteiger partial charge in [-0.2, -0.15) is 0 Å². The van der Waals surface area contributed by atoms with Crippen molar-refractivity contribution in [2.75, 3.05) is 12.8 Å². The van der Waals surface area contributed by atoms with Crippen molar-refractivity contribution in [3.05, 3.63) is 71.8 Å². The molecule has 0 aliphatic carbocycles. The number of benzene rings is 2. The smallest absolute Gasteiger partial charge is 0.310 e. The summed E-state index contributed by atoms with van der Waals surface area (Å²) in [7, 11) is -2.25. The number of carbonyl (C=O) groups is 1. The van der Waals surface area contributed by atoms with E-state index in [9.17, 15) is 18.3 Å². The number of sulfonamides is 1. The Hall–Kier alpha value is -2.18. The molecule has 0 aliphatic heterocycles. The van der Waals surface area contributed by atoms with Crippen molar-refractivity contribution in [3.8, 4) is 0 Å². The van der Waals surface area contributed by atoms with Gasteiger partial charge in [-0.1, -0.05) is 60.7 Å². The minimum atomic E-state index is -3.73. The van der Waals surface area contributed by atoms with E-state index in [1.165, 1.54) is 18.3 Å². The SMILES string of the molecule is CN(Cc1ccccc1)S(=O)(=O)C[C@@](C)(Cc1ccccc1)C(=O)O. The molecule has 0 radical (unpaired) electrons. The van der Waals surface area contributed by atoms with Crippen molar-refractivity contribution in [1.82, 2.24) is 4.31 Å². The third-order valence-electron chi connectivity index (χ3n) is 4.18. The van der Waals surface area contributed by atoms with Crippen LogP contribution in [0.2, 0.25) is 0 Å². The third-order valence-corrected chi connectivity index (χ3v) is 6.26. The maximum absolute atomic E-state index is 12.7. The predicted molar refractivity (Wildman–Crippen MR) is 97.6 cm³/mol. The molecule has 0 aromatic heterocycles. The number of carboxylic acid groups (broad SMARTS) is 1. The second-order valence-electron chi connectivity index (χ2n) is 6.53. The van der Waals surface area contributed by atoms with Gasteiger partial charge in [0.1, 0.15) is 0 Å². The molecule has 0 heterocycles. The van der Waals surface area contributed by atoms with Crippen LogP contribution in [0.15, 0.2) is 60.7 Å². The van der Waals surface area contributed by atoms with Gasteiger partial charge in [0.05, 0.1) is 11.2 Å². The molecular formula is C19H23NO4S. The highest BCUT2D eigenvalue weighted by molar-refractivity contribution is 7.89. The van der Waals surface area contributed by atoms with Gasteiger partial charge < -0.3 is 5.11 Å². The molecule has 134 valence electrons. The Balaban J connectivity index is 2.18. The van der Waals surface area contributed by atoms with Gasteiger partial charge in [0.25, 0.3) is 0 Å². The summed E-state index contributed by atoms with van der Waals surface area (Å²) < 4.78 is 26.6. The zero-order chi connectivity index (χ0) is 18.5. The Kier molecular flexibility index (Phi) is 5.98. The fourth-order valence-electron chi connectivity index (χ4n) is 2.69. The number of hydrogen-bond donors (Lipinski definition) is 1. The minimum Gasteiger partial charge on any atom is -0.481 e. The van der Waals surface area contributed by atoms with Crippen LogP contribution in [0.1, 0.15) is 18.1 Å². The molecule has 1 atom stereocenters. The number of carboxylic acids is 1. The first-order valence-corrected chi connectivity index (χ1v) is 9.59. The zero-order valence-corrected chi connectivity index (χ0v) is 15.2. The molecule has 0 amide bonds. The highest BCUT2D eigenvalue weighted by atomic mass is 32.2. The molecule has 1 N–H and O–H groups in total. The van der Waals surface area contributed by atoms with Crippen LogP contribution in [0, 0.1) is 5.41 Å². The Morgan fingerprint density at radius 2 is 1.48 bits per heavy atom. The maximum Gasteiger partial charge on any atom is 0.310 e. The summed E-state index contributed by atoms with van der Waals surface area (Å²) >= 11 is 0. The first kappa shape index (κ1) is 19.1. The molecule has 0 saturated heterocycles. The molecule has 0 fully saturated rings. The van der Waals surface area contributed by atoms with Crippen LogP contribution < -0.4 is 0 Å². The van der Waals surface area contributed by atoms with Crippen molar-refractivity contribution in [2.24, 2.45) is 5.41 Å². The monoisotopic (exact) mass is 361 g/mol. The third kappa shape index (κ3) is 5.14. The van der Waals surface area contributed by atoms with Crippen LogP contribution >= 0.6 is 0 Å². The lowest BCUT2D eigenvalue weighted by molar-refractivity contribution is -0.146. The van der Waals surface area contributed by atoms with E-state index in [0.29, 0.717) is 0 Å². The lowest BCUT2D eigenvalue weighted by atomic mass is 9.86. The van der Waals surface area contributed by atoms with Gasteiger partial charge in [0.2, 0.25) is 10.0 Å². The number of hydrogen-bond acceptors (Lipinski definition) is 3. The summed E-state index contributed by atoms with van der Waals surface area (Å²) in [4.78, 5) is 11.8. The molecule has 2 rings (SSSR count). The molecule has 0 spiro atoms. The van der Waals surface area contributed by atoms with Crippen LogP contribution in [0.4, 0.5) is 0 Å². The fraction of sp³-hybridized carbons (Fsp3) is 0.316. The van der Waals surface area contributed by atoms with E-state index in [4.69, 9.17) is 0 Å². The zero-order valence-electron chi connectivity index (χ0n) is 14.4. The molecule has 0 bridgehead atoms. The van der Waals surface area contributed by atoms with Crippen molar-refractivity contribution in [1.29, 1.82) is 0 Å². The largest absolute Gasteiger partial charge is 0.481 e. The van der Waals surface area contributed by atoms with Crippen molar-refractivity contribution in [2.45, 2.75) is 19.9 Å². The molecule has 25 heavy (non-hydrogen) atoms. The van der Waals surface area contributed by atoms with E-state index < -0.39 is 27.2 Å². The Bertz CT molecular complexity index is 806. The summed E-state index contributed by atoms with van der Waals surface area (Å²) in [5.74, 6) is -1.57. The lowest BCUT2D eigenvalue weighted by Gasteiger charge is -2.27. The highest BCUT2D eigenvalue weighted by Crippen LogP contribution is 2.27. The molecule has 5 nitrogen and oxygen atoms in total. The van der Waals surface area contributed by atoms with E-state index in [1.54, 1.807) is 0 Å². The quantitative estimate of drug-likeness (QED) is 0.784. The van der Waals surface area contributed by atoms with E-state index in [1.807, 2.05) is 60.7 Å². The highest BCUT2D eigenvalue weighted by Gasteiger charge is 2.39. The first-order valence-electron chi connectivity index (χ1n) is 7.98. The Morgan fingerprint density at radius 3 is 1.96 bits per heavy atom. The molecule has 0 saturated carbocycles. The standard InChI is InChI=1S/C19H23NO4S/c1-19(18(21)22,13-16-9-5-3-6-10-16)15-25(23,24)20(2)14-17-11-7-4-8-12-17/h3-12H,13-15H2,1-2H3,(H,21,22)/t19-/m1/s1. The van der Waals surface area contributed by atoms with Gasteiger partial charge in [-0.15, -0.1) is 0 Å². The van der Waals surface area contributed by atoms with Gasteiger partial charge in [0.15, 0.2) is 0 Å². The van der Waals surface area contributed by atoms with Gasteiger partial charge in [-0.3, -0.25) is 4.79 Å². The summed E-state index contributed by atoms with van der Waals surface area (Å²) in [5, 5.41) is 9.65. The summed E-state index contributed by atoms with van der Waals surface area (Å²) in [6.07, 6.45) is 0.154. The van der Waals surface area contributed by atoms with Gasteiger partial charge in [-0.25, -0.2) is 12.7 Å². The number of aliphatic carboxylic acids is 1. The van der Waals surface area contributed by atoms with E-state index >= 15 is 0 Å². The van der Waals surface area contributed by atoms with Gasteiger partial charge in [-0.05, 0) is 24.5 Å². The van der Waals surface area contributed by atoms with E-state index in [-0.39, 0.29) is 13.0 Å².